The number of aryl methyl sites for hydroxylation is 1. The number of carbonyl (C=O) groups is 1. The Labute approximate surface area is 113 Å². The lowest BCUT2D eigenvalue weighted by Crippen LogP contribution is -2.45. The minimum absolute atomic E-state index is 0.218. The molecule has 1 unspecified atom stereocenters. The third-order valence-corrected chi connectivity index (χ3v) is 3.56. The first kappa shape index (κ1) is 13.4. The van der Waals surface area contributed by atoms with Gasteiger partial charge in [0.1, 0.15) is 12.1 Å². The Morgan fingerprint density at radius 2 is 2.26 bits per heavy atom. The Kier molecular flexibility index (Phi) is 4.06. The highest BCUT2D eigenvalue weighted by Gasteiger charge is 2.30. The zero-order chi connectivity index (χ0) is 13.8. The van der Waals surface area contributed by atoms with Crippen LogP contribution in [0.1, 0.15) is 30.4 Å². The summed E-state index contributed by atoms with van der Waals surface area (Å²) < 4.78 is 4.88. The number of piperidine rings is 1. The van der Waals surface area contributed by atoms with Crippen LogP contribution in [0.4, 0.5) is 5.69 Å². The third-order valence-electron chi connectivity index (χ3n) is 3.56. The first-order valence-electron chi connectivity index (χ1n) is 6.52. The van der Waals surface area contributed by atoms with E-state index >= 15 is 0 Å². The molecule has 1 saturated heterocycles. The van der Waals surface area contributed by atoms with Gasteiger partial charge in [-0.2, -0.15) is 5.26 Å². The molecule has 19 heavy (non-hydrogen) atoms. The molecule has 1 fully saturated rings. The van der Waals surface area contributed by atoms with Crippen LogP contribution in [0.3, 0.4) is 0 Å². The van der Waals surface area contributed by atoms with Crippen LogP contribution >= 0.6 is 0 Å². The number of benzene rings is 1. The Morgan fingerprint density at radius 3 is 2.95 bits per heavy atom. The van der Waals surface area contributed by atoms with Crippen LogP contribution in [0.2, 0.25) is 0 Å². The van der Waals surface area contributed by atoms with Gasteiger partial charge >= 0.3 is 5.97 Å². The molecule has 2 rings (SSSR count). The number of nitriles is 1. The minimum Gasteiger partial charge on any atom is -0.467 e. The van der Waals surface area contributed by atoms with Crippen molar-refractivity contribution in [3.8, 4) is 6.07 Å². The zero-order valence-electron chi connectivity index (χ0n) is 11.3. The molecule has 0 N–H and O–H groups in total. The number of anilines is 1. The number of hydrogen-bond acceptors (Lipinski definition) is 4. The van der Waals surface area contributed by atoms with Crippen molar-refractivity contribution < 1.29 is 9.53 Å². The Bertz CT molecular complexity index is 519. The fraction of sp³-hybridized carbons (Fsp3) is 0.467. The number of hydrogen-bond donors (Lipinski definition) is 0. The van der Waals surface area contributed by atoms with Gasteiger partial charge in [0.05, 0.1) is 18.4 Å². The number of methoxy groups -OCH3 is 1. The summed E-state index contributed by atoms with van der Waals surface area (Å²) in [5.41, 5.74) is 2.51. The smallest absolute Gasteiger partial charge is 0.328 e. The molecule has 4 heteroatoms. The molecular formula is C15H18N2O2. The van der Waals surface area contributed by atoms with E-state index in [1.165, 1.54) is 7.11 Å². The highest BCUT2D eigenvalue weighted by Crippen LogP contribution is 2.28. The van der Waals surface area contributed by atoms with Crippen LogP contribution in [0.15, 0.2) is 18.2 Å². The normalized spacial score (nSPS) is 18.8. The number of ether oxygens (including phenoxy) is 1. The predicted octanol–water partition coefficient (Wildman–Crippen LogP) is 2.40. The first-order valence-corrected chi connectivity index (χ1v) is 6.52. The van der Waals surface area contributed by atoms with Crippen LogP contribution in [-0.2, 0) is 9.53 Å². The summed E-state index contributed by atoms with van der Waals surface area (Å²) in [4.78, 5) is 13.9. The predicted molar refractivity (Wildman–Crippen MR) is 72.9 cm³/mol. The summed E-state index contributed by atoms with van der Waals surface area (Å²) in [6.45, 7) is 2.75. The van der Waals surface area contributed by atoms with Crippen LogP contribution in [0.25, 0.3) is 0 Å². The van der Waals surface area contributed by atoms with Crippen molar-refractivity contribution >= 4 is 11.7 Å². The molecule has 0 radical (unpaired) electrons. The van der Waals surface area contributed by atoms with Gasteiger partial charge in [-0.25, -0.2) is 4.79 Å². The third kappa shape index (κ3) is 2.70. The SMILES string of the molecule is COC(=O)C1CCCCN1c1ccc(C)cc1C#N. The molecule has 0 aliphatic carbocycles. The van der Waals surface area contributed by atoms with Gasteiger partial charge in [-0.3, -0.25) is 0 Å². The summed E-state index contributed by atoms with van der Waals surface area (Å²) >= 11 is 0. The number of carbonyl (C=O) groups excluding carboxylic acids is 1. The lowest BCUT2D eigenvalue weighted by Gasteiger charge is -2.36. The molecule has 0 saturated carbocycles. The average molecular weight is 258 g/mol. The molecule has 1 aliphatic rings. The van der Waals surface area contributed by atoms with E-state index in [4.69, 9.17) is 4.74 Å². The second-order valence-electron chi connectivity index (χ2n) is 4.86. The summed E-state index contributed by atoms with van der Waals surface area (Å²) in [5, 5.41) is 9.26. The first-order chi connectivity index (χ1) is 9.17. The molecule has 100 valence electrons. The van der Waals surface area contributed by atoms with E-state index in [1.54, 1.807) is 0 Å². The highest BCUT2D eigenvalue weighted by molar-refractivity contribution is 5.81. The van der Waals surface area contributed by atoms with Crippen LogP contribution < -0.4 is 4.90 Å². The van der Waals surface area contributed by atoms with Gasteiger partial charge in [-0.1, -0.05) is 6.07 Å². The zero-order valence-corrected chi connectivity index (χ0v) is 11.3. The molecule has 1 aliphatic heterocycles. The highest BCUT2D eigenvalue weighted by atomic mass is 16.5. The molecule has 1 aromatic carbocycles. The van der Waals surface area contributed by atoms with Gasteiger partial charge in [-0.15, -0.1) is 0 Å². The fourth-order valence-electron chi connectivity index (χ4n) is 2.59. The maximum absolute atomic E-state index is 11.9. The molecule has 1 aromatic rings. The number of esters is 1. The van der Waals surface area contributed by atoms with Crippen molar-refractivity contribution in [1.29, 1.82) is 5.26 Å². The van der Waals surface area contributed by atoms with E-state index in [-0.39, 0.29) is 12.0 Å². The summed E-state index contributed by atoms with van der Waals surface area (Å²) in [5.74, 6) is -0.218. The van der Waals surface area contributed by atoms with E-state index in [0.717, 1.165) is 37.1 Å². The van der Waals surface area contributed by atoms with Crippen molar-refractivity contribution in [2.45, 2.75) is 32.2 Å². The van der Waals surface area contributed by atoms with Gasteiger partial charge in [0.25, 0.3) is 0 Å². The fourth-order valence-corrected chi connectivity index (χ4v) is 2.59. The summed E-state index contributed by atoms with van der Waals surface area (Å²) in [6, 6.07) is 7.70. The van der Waals surface area contributed by atoms with Crippen LogP contribution in [-0.4, -0.2) is 25.7 Å². The Balaban J connectivity index is 2.38. The average Bonchev–Trinajstić information content (AvgIpc) is 2.46. The lowest BCUT2D eigenvalue weighted by atomic mass is 9.99. The van der Waals surface area contributed by atoms with E-state index in [9.17, 15) is 10.1 Å². The van der Waals surface area contributed by atoms with Crippen molar-refractivity contribution in [2.24, 2.45) is 0 Å². The molecular weight excluding hydrogens is 240 g/mol. The second kappa shape index (κ2) is 5.75. The van der Waals surface area contributed by atoms with Crippen LogP contribution in [0, 0.1) is 18.3 Å². The topological polar surface area (TPSA) is 53.3 Å². The standard InChI is InChI=1S/C15H18N2O2/c1-11-6-7-13(12(9-11)10-16)17-8-4-3-5-14(17)15(18)19-2/h6-7,9,14H,3-5,8H2,1-2H3. The van der Waals surface area contributed by atoms with E-state index < -0.39 is 0 Å². The monoisotopic (exact) mass is 258 g/mol. The van der Waals surface area contributed by atoms with Crippen LogP contribution in [0.5, 0.6) is 0 Å². The largest absolute Gasteiger partial charge is 0.467 e. The summed E-state index contributed by atoms with van der Waals surface area (Å²) in [7, 11) is 1.41. The maximum atomic E-state index is 11.9. The van der Waals surface area contributed by atoms with Crippen molar-refractivity contribution in [3.63, 3.8) is 0 Å². The molecule has 0 spiro atoms. The molecule has 1 heterocycles. The van der Waals surface area contributed by atoms with Gasteiger partial charge in [0.15, 0.2) is 0 Å². The maximum Gasteiger partial charge on any atom is 0.328 e. The molecule has 0 amide bonds. The van der Waals surface area contributed by atoms with Crippen molar-refractivity contribution in [2.75, 3.05) is 18.6 Å². The minimum atomic E-state index is -0.270. The number of nitrogens with zero attached hydrogens (tertiary/aromatic N) is 2. The quantitative estimate of drug-likeness (QED) is 0.764. The van der Waals surface area contributed by atoms with E-state index in [2.05, 4.69) is 6.07 Å². The van der Waals surface area contributed by atoms with Crippen molar-refractivity contribution in [3.05, 3.63) is 29.3 Å². The summed E-state index contributed by atoms with van der Waals surface area (Å²) in [6.07, 6.45) is 2.83. The molecule has 0 aromatic heterocycles. The van der Waals surface area contributed by atoms with Gasteiger partial charge < -0.3 is 9.64 Å². The molecule has 0 bridgehead atoms. The number of rotatable bonds is 2. The van der Waals surface area contributed by atoms with E-state index in [0.29, 0.717) is 5.56 Å². The van der Waals surface area contributed by atoms with Gasteiger partial charge in [0, 0.05) is 6.54 Å². The molecule has 1 atom stereocenters. The van der Waals surface area contributed by atoms with E-state index in [1.807, 2.05) is 30.0 Å². The van der Waals surface area contributed by atoms with Crippen molar-refractivity contribution in [1.82, 2.24) is 0 Å². The lowest BCUT2D eigenvalue weighted by molar-refractivity contribution is -0.142. The van der Waals surface area contributed by atoms with Gasteiger partial charge in [-0.05, 0) is 43.9 Å². The molecule has 4 nitrogen and oxygen atoms in total. The Hall–Kier alpha value is -2.02. The Morgan fingerprint density at radius 1 is 1.47 bits per heavy atom. The van der Waals surface area contributed by atoms with Gasteiger partial charge in [0.2, 0.25) is 0 Å². The second-order valence-corrected chi connectivity index (χ2v) is 4.86.